The Morgan fingerprint density at radius 2 is 2.00 bits per heavy atom. The van der Waals surface area contributed by atoms with Gasteiger partial charge in [0.15, 0.2) is 5.78 Å². The van der Waals surface area contributed by atoms with E-state index >= 15 is 0 Å². The molecule has 1 aliphatic heterocycles. The van der Waals surface area contributed by atoms with Gasteiger partial charge in [0.1, 0.15) is 0 Å². The Labute approximate surface area is 119 Å². The SMILES string of the molecule is CC(CC(=O)O)C(=O)c1c(C(C)C)nn2c1CCCC2. The van der Waals surface area contributed by atoms with E-state index in [1.54, 1.807) is 6.92 Å². The van der Waals surface area contributed by atoms with E-state index in [-0.39, 0.29) is 18.1 Å². The third-order valence-electron chi connectivity index (χ3n) is 3.84. The largest absolute Gasteiger partial charge is 0.481 e. The smallest absolute Gasteiger partial charge is 0.304 e. The van der Waals surface area contributed by atoms with E-state index in [4.69, 9.17) is 5.11 Å². The number of aryl methyl sites for hydroxylation is 1. The number of fused-ring (bicyclic) bond motifs is 1. The fourth-order valence-corrected chi connectivity index (χ4v) is 2.78. The molecule has 0 saturated heterocycles. The average Bonchev–Trinajstić information content (AvgIpc) is 2.76. The first-order valence-corrected chi connectivity index (χ1v) is 7.27. The highest BCUT2D eigenvalue weighted by Gasteiger charge is 2.29. The molecule has 1 aromatic rings. The van der Waals surface area contributed by atoms with Crippen LogP contribution in [0.2, 0.25) is 0 Å². The van der Waals surface area contributed by atoms with Crippen LogP contribution in [0.4, 0.5) is 0 Å². The Bertz CT molecular complexity index is 531. The van der Waals surface area contributed by atoms with Crippen molar-refractivity contribution in [1.29, 1.82) is 0 Å². The molecular weight excluding hydrogens is 256 g/mol. The van der Waals surface area contributed by atoms with E-state index in [9.17, 15) is 9.59 Å². The second kappa shape index (κ2) is 5.77. The molecule has 1 aromatic heterocycles. The van der Waals surface area contributed by atoms with Crippen molar-refractivity contribution in [2.24, 2.45) is 5.92 Å². The van der Waals surface area contributed by atoms with E-state index in [1.165, 1.54) is 0 Å². The molecule has 0 aliphatic carbocycles. The lowest BCUT2D eigenvalue weighted by Gasteiger charge is -2.15. The van der Waals surface area contributed by atoms with Gasteiger partial charge in [0.25, 0.3) is 0 Å². The summed E-state index contributed by atoms with van der Waals surface area (Å²) in [4.78, 5) is 23.4. The second-order valence-corrected chi connectivity index (χ2v) is 5.91. The van der Waals surface area contributed by atoms with Gasteiger partial charge in [0.2, 0.25) is 0 Å². The molecule has 0 saturated carbocycles. The molecule has 0 fully saturated rings. The highest BCUT2D eigenvalue weighted by molar-refractivity contribution is 6.01. The zero-order valence-corrected chi connectivity index (χ0v) is 12.3. The molecule has 110 valence electrons. The standard InChI is InChI=1S/C15H22N2O3/c1-9(2)14-13(15(20)10(3)8-12(18)19)11-6-4-5-7-17(11)16-14/h9-10H,4-8H2,1-3H3,(H,18,19). The topological polar surface area (TPSA) is 72.2 Å². The van der Waals surface area contributed by atoms with Crippen LogP contribution in [0, 0.1) is 5.92 Å². The van der Waals surface area contributed by atoms with E-state index in [1.807, 2.05) is 18.5 Å². The van der Waals surface area contributed by atoms with Crippen molar-refractivity contribution in [1.82, 2.24) is 9.78 Å². The van der Waals surface area contributed by atoms with E-state index in [0.717, 1.165) is 37.2 Å². The summed E-state index contributed by atoms with van der Waals surface area (Å²) in [7, 11) is 0. The number of hydrogen-bond acceptors (Lipinski definition) is 3. The van der Waals surface area contributed by atoms with Crippen LogP contribution < -0.4 is 0 Å². The number of nitrogens with zero attached hydrogens (tertiary/aromatic N) is 2. The molecule has 0 amide bonds. The number of aromatic nitrogens is 2. The summed E-state index contributed by atoms with van der Waals surface area (Å²) in [5.74, 6) is -1.33. The number of rotatable bonds is 5. The molecule has 20 heavy (non-hydrogen) atoms. The van der Waals surface area contributed by atoms with Gasteiger partial charge in [-0.15, -0.1) is 0 Å². The molecule has 1 N–H and O–H groups in total. The Kier molecular flexibility index (Phi) is 4.26. The predicted molar refractivity (Wildman–Crippen MR) is 75.0 cm³/mol. The molecule has 0 spiro atoms. The third kappa shape index (κ3) is 2.76. The van der Waals surface area contributed by atoms with E-state index in [0.29, 0.717) is 5.56 Å². The minimum absolute atomic E-state index is 0.0701. The first kappa shape index (κ1) is 14.8. The molecule has 0 aromatic carbocycles. The van der Waals surface area contributed by atoms with Gasteiger partial charge in [-0.3, -0.25) is 14.3 Å². The number of carboxylic acids is 1. The van der Waals surface area contributed by atoms with Gasteiger partial charge < -0.3 is 5.11 Å². The predicted octanol–water partition coefficient (Wildman–Crippen LogP) is 2.64. The van der Waals surface area contributed by atoms with Gasteiger partial charge in [0, 0.05) is 18.2 Å². The summed E-state index contributed by atoms with van der Waals surface area (Å²) in [6, 6.07) is 0. The van der Waals surface area contributed by atoms with Crippen LogP contribution in [0.3, 0.4) is 0 Å². The van der Waals surface area contributed by atoms with Gasteiger partial charge in [-0.25, -0.2) is 0 Å². The van der Waals surface area contributed by atoms with Gasteiger partial charge >= 0.3 is 5.97 Å². The number of carboxylic acid groups (broad SMARTS) is 1. The highest BCUT2D eigenvalue weighted by atomic mass is 16.4. The Morgan fingerprint density at radius 3 is 2.60 bits per heavy atom. The molecule has 1 atom stereocenters. The summed E-state index contributed by atoms with van der Waals surface area (Å²) in [5, 5.41) is 13.5. The first-order valence-electron chi connectivity index (χ1n) is 7.27. The molecular formula is C15H22N2O3. The molecule has 5 nitrogen and oxygen atoms in total. The maximum atomic E-state index is 12.6. The van der Waals surface area contributed by atoms with Gasteiger partial charge in [-0.2, -0.15) is 5.10 Å². The number of carbonyl (C=O) groups excluding carboxylic acids is 1. The van der Waals surface area contributed by atoms with Gasteiger partial charge in [-0.05, 0) is 25.2 Å². The number of Topliss-reactive ketones (excluding diaryl/α,β-unsaturated/α-hetero) is 1. The molecule has 5 heteroatoms. The average molecular weight is 278 g/mol. The fraction of sp³-hybridized carbons (Fsp3) is 0.667. The maximum absolute atomic E-state index is 12.6. The molecule has 0 bridgehead atoms. The molecule has 2 rings (SSSR count). The van der Waals surface area contributed by atoms with Crippen LogP contribution in [0.15, 0.2) is 0 Å². The van der Waals surface area contributed by atoms with Crippen molar-refractivity contribution in [3.63, 3.8) is 0 Å². The lowest BCUT2D eigenvalue weighted by molar-refractivity contribution is -0.137. The summed E-state index contributed by atoms with van der Waals surface area (Å²) >= 11 is 0. The van der Waals surface area contributed by atoms with Crippen molar-refractivity contribution in [2.75, 3.05) is 0 Å². The summed E-state index contributed by atoms with van der Waals surface area (Å²) in [6.07, 6.45) is 2.89. The van der Waals surface area contributed by atoms with Crippen molar-refractivity contribution in [3.05, 3.63) is 17.0 Å². The van der Waals surface area contributed by atoms with Crippen LogP contribution in [0.5, 0.6) is 0 Å². The lowest BCUT2D eigenvalue weighted by atomic mass is 9.90. The van der Waals surface area contributed by atoms with Crippen LogP contribution in [-0.2, 0) is 17.8 Å². The monoisotopic (exact) mass is 278 g/mol. The molecule has 1 unspecified atom stereocenters. The first-order chi connectivity index (χ1) is 9.41. The summed E-state index contributed by atoms with van der Waals surface area (Å²) < 4.78 is 1.94. The molecule has 2 heterocycles. The summed E-state index contributed by atoms with van der Waals surface area (Å²) in [5.41, 5.74) is 2.51. The number of carbonyl (C=O) groups is 2. The Hall–Kier alpha value is -1.65. The number of aliphatic carboxylic acids is 1. The van der Waals surface area contributed by atoms with Crippen molar-refractivity contribution in [2.45, 2.75) is 58.9 Å². The van der Waals surface area contributed by atoms with Crippen molar-refractivity contribution < 1.29 is 14.7 Å². The summed E-state index contributed by atoms with van der Waals surface area (Å²) in [6.45, 7) is 6.59. The van der Waals surface area contributed by atoms with E-state index in [2.05, 4.69) is 5.10 Å². The molecule has 0 radical (unpaired) electrons. The zero-order valence-electron chi connectivity index (χ0n) is 12.3. The normalized spacial score (nSPS) is 16.0. The number of ketones is 1. The Balaban J connectivity index is 2.40. The lowest BCUT2D eigenvalue weighted by Crippen LogP contribution is -2.19. The van der Waals surface area contributed by atoms with Crippen molar-refractivity contribution in [3.8, 4) is 0 Å². The van der Waals surface area contributed by atoms with Crippen LogP contribution in [-0.4, -0.2) is 26.6 Å². The Morgan fingerprint density at radius 1 is 1.30 bits per heavy atom. The number of hydrogen-bond donors (Lipinski definition) is 1. The van der Waals surface area contributed by atoms with Crippen LogP contribution >= 0.6 is 0 Å². The van der Waals surface area contributed by atoms with Crippen LogP contribution in [0.25, 0.3) is 0 Å². The highest BCUT2D eigenvalue weighted by Crippen LogP contribution is 2.29. The third-order valence-corrected chi connectivity index (χ3v) is 3.84. The minimum Gasteiger partial charge on any atom is -0.481 e. The van der Waals surface area contributed by atoms with Crippen LogP contribution in [0.1, 0.15) is 67.7 Å². The van der Waals surface area contributed by atoms with Crippen molar-refractivity contribution >= 4 is 11.8 Å². The maximum Gasteiger partial charge on any atom is 0.304 e. The zero-order chi connectivity index (χ0) is 14.9. The second-order valence-electron chi connectivity index (χ2n) is 5.91. The van der Waals surface area contributed by atoms with Gasteiger partial charge in [-0.1, -0.05) is 20.8 Å². The molecule has 1 aliphatic rings. The quantitative estimate of drug-likeness (QED) is 0.840. The minimum atomic E-state index is -0.932. The fourth-order valence-electron chi connectivity index (χ4n) is 2.78. The van der Waals surface area contributed by atoms with E-state index < -0.39 is 11.9 Å². The van der Waals surface area contributed by atoms with Gasteiger partial charge in [0.05, 0.1) is 17.7 Å².